The number of sulfonamides is 2. The molecule has 40 heavy (non-hydrogen) atoms. The lowest BCUT2D eigenvalue weighted by molar-refractivity contribution is 0.103. The third-order valence-corrected chi connectivity index (χ3v) is 6.40. The minimum atomic E-state index is -3.79. The Kier molecular flexibility index (Phi) is 7.89. The molecule has 0 saturated carbocycles. The topological polar surface area (TPSA) is 168 Å². The third-order valence-electron chi connectivity index (χ3n) is 5.22. The molecule has 0 radical (unpaired) electrons. The molecular weight excluding hydrogens is 560 g/mol. The number of hydrogen-bond donors (Lipinski definition) is 4. The molecule has 0 heterocycles. The van der Waals surface area contributed by atoms with E-state index in [0.717, 1.165) is 36.8 Å². The number of phenolic OH excluding ortho intramolecular Hbond substituents is 2. The van der Waals surface area contributed by atoms with Crippen LogP contribution in [0.2, 0.25) is 0 Å². The standard InChI is InChI=1S/C27H24N2O9S2/c1-39(33,34)28-21-15-23(30)19(13-25(21)37-17-9-5-3-6-10-17)27(32)20-14-26(38-18-11-7-4-8-12-18)22(16-24(20)31)29-40(2,35)36/h3-16,28-31H,1-2H3. The number of benzene rings is 4. The van der Waals surface area contributed by atoms with E-state index in [-0.39, 0.29) is 34.0 Å². The van der Waals surface area contributed by atoms with E-state index in [0.29, 0.717) is 11.5 Å². The summed E-state index contributed by atoms with van der Waals surface area (Å²) in [7, 11) is -7.59. The highest BCUT2D eigenvalue weighted by molar-refractivity contribution is 7.92. The van der Waals surface area contributed by atoms with Crippen molar-refractivity contribution in [3.05, 3.63) is 96.1 Å². The first-order valence-corrected chi connectivity index (χ1v) is 15.3. The maximum Gasteiger partial charge on any atom is 0.229 e. The lowest BCUT2D eigenvalue weighted by Crippen LogP contribution is -2.12. The van der Waals surface area contributed by atoms with Crippen molar-refractivity contribution >= 4 is 37.2 Å². The molecule has 0 spiro atoms. The molecule has 0 saturated heterocycles. The van der Waals surface area contributed by atoms with Crippen LogP contribution in [0.1, 0.15) is 15.9 Å². The van der Waals surface area contributed by atoms with Crippen LogP contribution in [0.15, 0.2) is 84.9 Å². The van der Waals surface area contributed by atoms with Crippen molar-refractivity contribution in [1.29, 1.82) is 0 Å². The van der Waals surface area contributed by atoms with Gasteiger partial charge in [0.25, 0.3) is 0 Å². The molecule has 208 valence electrons. The summed E-state index contributed by atoms with van der Waals surface area (Å²) < 4.78 is 63.7. The first kappa shape index (κ1) is 28.3. The number of para-hydroxylation sites is 2. The normalized spacial score (nSPS) is 11.4. The second-order valence-corrected chi connectivity index (χ2v) is 12.1. The summed E-state index contributed by atoms with van der Waals surface area (Å²) in [5.74, 6) is -1.68. The highest BCUT2D eigenvalue weighted by atomic mass is 32.2. The van der Waals surface area contributed by atoms with Gasteiger partial charge >= 0.3 is 0 Å². The van der Waals surface area contributed by atoms with Crippen LogP contribution in [0, 0.1) is 0 Å². The van der Waals surface area contributed by atoms with Crippen LogP contribution in [0.3, 0.4) is 0 Å². The number of aromatic hydroxyl groups is 2. The van der Waals surface area contributed by atoms with Crippen molar-refractivity contribution in [2.24, 2.45) is 0 Å². The van der Waals surface area contributed by atoms with Gasteiger partial charge in [0.2, 0.25) is 25.8 Å². The minimum absolute atomic E-state index is 0.103. The third kappa shape index (κ3) is 7.21. The molecule has 0 bridgehead atoms. The molecule has 0 aliphatic heterocycles. The zero-order valence-electron chi connectivity index (χ0n) is 21.2. The zero-order chi connectivity index (χ0) is 29.1. The van der Waals surface area contributed by atoms with Gasteiger partial charge in [-0.1, -0.05) is 36.4 Å². The van der Waals surface area contributed by atoms with Gasteiger partial charge < -0.3 is 19.7 Å². The Morgan fingerprint density at radius 3 is 1.30 bits per heavy atom. The van der Waals surface area contributed by atoms with Crippen molar-refractivity contribution in [2.45, 2.75) is 0 Å². The lowest BCUT2D eigenvalue weighted by atomic mass is 10.00. The van der Waals surface area contributed by atoms with Crippen LogP contribution in [0.25, 0.3) is 0 Å². The first-order chi connectivity index (χ1) is 18.8. The van der Waals surface area contributed by atoms with Gasteiger partial charge in [-0.2, -0.15) is 0 Å². The van der Waals surface area contributed by atoms with Crippen LogP contribution in [-0.2, 0) is 20.0 Å². The molecular formula is C27H24N2O9S2. The highest BCUT2D eigenvalue weighted by Crippen LogP contribution is 2.40. The molecule has 0 amide bonds. The van der Waals surface area contributed by atoms with E-state index in [9.17, 15) is 31.8 Å². The summed E-state index contributed by atoms with van der Waals surface area (Å²) in [6.07, 6.45) is 1.82. The number of carbonyl (C=O) groups excluding carboxylic acids is 1. The van der Waals surface area contributed by atoms with E-state index < -0.39 is 37.3 Å². The van der Waals surface area contributed by atoms with Gasteiger partial charge in [0, 0.05) is 12.1 Å². The summed E-state index contributed by atoms with van der Waals surface area (Å²) in [5.41, 5.74) is -0.944. The Labute approximate surface area is 230 Å². The van der Waals surface area contributed by atoms with Crippen molar-refractivity contribution in [3.63, 3.8) is 0 Å². The van der Waals surface area contributed by atoms with Crippen molar-refractivity contribution < 1.29 is 41.3 Å². The summed E-state index contributed by atoms with van der Waals surface area (Å²) in [5, 5.41) is 21.4. The van der Waals surface area contributed by atoms with Crippen molar-refractivity contribution in [1.82, 2.24) is 0 Å². The maximum absolute atomic E-state index is 13.6. The molecule has 0 aliphatic rings. The number of hydrogen-bond acceptors (Lipinski definition) is 9. The van der Waals surface area contributed by atoms with Gasteiger partial charge in [-0.25, -0.2) is 16.8 Å². The van der Waals surface area contributed by atoms with E-state index in [4.69, 9.17) is 9.47 Å². The summed E-state index contributed by atoms with van der Waals surface area (Å²) in [6.45, 7) is 0. The number of phenols is 2. The van der Waals surface area contributed by atoms with Gasteiger partial charge in [-0.05, 0) is 36.4 Å². The zero-order valence-corrected chi connectivity index (χ0v) is 22.8. The van der Waals surface area contributed by atoms with E-state index >= 15 is 0 Å². The molecule has 11 nitrogen and oxygen atoms in total. The molecule has 4 N–H and O–H groups in total. The molecule has 4 rings (SSSR count). The quantitative estimate of drug-likeness (QED) is 0.194. The minimum Gasteiger partial charge on any atom is -0.507 e. The van der Waals surface area contributed by atoms with Crippen LogP contribution in [0.5, 0.6) is 34.5 Å². The van der Waals surface area contributed by atoms with Crippen LogP contribution in [-0.4, -0.2) is 45.3 Å². The van der Waals surface area contributed by atoms with E-state index in [1.54, 1.807) is 60.7 Å². The Morgan fingerprint density at radius 2 is 0.975 bits per heavy atom. The monoisotopic (exact) mass is 584 g/mol. The molecule has 0 fully saturated rings. The van der Waals surface area contributed by atoms with E-state index in [2.05, 4.69) is 9.44 Å². The van der Waals surface area contributed by atoms with Gasteiger partial charge in [0.05, 0.1) is 35.0 Å². The van der Waals surface area contributed by atoms with Crippen molar-refractivity contribution in [3.8, 4) is 34.5 Å². The fourth-order valence-corrected chi connectivity index (χ4v) is 4.72. The molecule has 0 unspecified atom stereocenters. The molecule has 4 aromatic rings. The van der Waals surface area contributed by atoms with Crippen molar-refractivity contribution in [2.75, 3.05) is 22.0 Å². The number of ether oxygens (including phenoxy) is 2. The average molecular weight is 585 g/mol. The molecule has 13 heteroatoms. The Morgan fingerprint density at radius 1 is 0.625 bits per heavy atom. The molecule has 0 atom stereocenters. The molecule has 0 aromatic heterocycles. The largest absolute Gasteiger partial charge is 0.507 e. The first-order valence-electron chi connectivity index (χ1n) is 11.5. The van der Waals surface area contributed by atoms with E-state index in [1.165, 1.54) is 0 Å². The number of carbonyl (C=O) groups is 1. The smallest absolute Gasteiger partial charge is 0.229 e. The number of rotatable bonds is 10. The maximum atomic E-state index is 13.6. The van der Waals surface area contributed by atoms with E-state index in [1.807, 2.05) is 0 Å². The molecule has 4 aromatic carbocycles. The summed E-state index contributed by atoms with van der Waals surface area (Å²) in [4.78, 5) is 13.6. The van der Waals surface area contributed by atoms with Crippen LogP contribution < -0.4 is 18.9 Å². The Hall–Kier alpha value is -4.75. The SMILES string of the molecule is CS(=O)(=O)Nc1cc(O)c(C(=O)c2cc(Oc3ccccc3)c(NS(C)(=O)=O)cc2O)cc1Oc1ccccc1. The number of anilines is 2. The number of nitrogens with one attached hydrogen (secondary N) is 2. The van der Waals surface area contributed by atoms with Gasteiger partial charge in [-0.15, -0.1) is 0 Å². The fourth-order valence-electron chi connectivity index (χ4n) is 3.60. The fraction of sp³-hybridized carbons (Fsp3) is 0.0741. The second kappa shape index (κ2) is 11.2. The van der Waals surface area contributed by atoms with Crippen LogP contribution in [0.4, 0.5) is 11.4 Å². The summed E-state index contributed by atoms with van der Waals surface area (Å²) >= 11 is 0. The Balaban J connectivity index is 1.82. The average Bonchev–Trinajstić information content (AvgIpc) is 2.86. The highest BCUT2D eigenvalue weighted by Gasteiger charge is 2.24. The summed E-state index contributed by atoms with van der Waals surface area (Å²) in [6, 6.07) is 20.9. The predicted molar refractivity (Wildman–Crippen MR) is 150 cm³/mol. The van der Waals surface area contributed by atoms with Crippen LogP contribution >= 0.6 is 0 Å². The van der Waals surface area contributed by atoms with Gasteiger partial charge in [0.15, 0.2) is 11.5 Å². The Bertz CT molecular complexity index is 1650. The predicted octanol–water partition coefficient (Wildman–Crippen LogP) is 4.66. The van der Waals surface area contributed by atoms with Gasteiger partial charge in [0.1, 0.15) is 23.0 Å². The lowest BCUT2D eigenvalue weighted by Gasteiger charge is -2.17. The van der Waals surface area contributed by atoms with Gasteiger partial charge in [-0.3, -0.25) is 14.2 Å². The second-order valence-electron chi connectivity index (χ2n) is 8.64. The molecule has 0 aliphatic carbocycles. The number of ketones is 1.